The second-order valence-electron chi connectivity index (χ2n) is 4.47. The fourth-order valence-electron chi connectivity index (χ4n) is 2.27. The Balaban J connectivity index is 2.34. The van der Waals surface area contributed by atoms with Crippen molar-refractivity contribution in [1.29, 1.82) is 0 Å². The monoisotopic (exact) mass is 280 g/mol. The van der Waals surface area contributed by atoms with E-state index in [0.717, 1.165) is 16.3 Å². The summed E-state index contributed by atoms with van der Waals surface area (Å²) in [6, 6.07) is 10.5. The number of rotatable bonds is 3. The summed E-state index contributed by atoms with van der Waals surface area (Å²) in [7, 11) is 1.73. The minimum atomic E-state index is -0.415. The van der Waals surface area contributed by atoms with Gasteiger partial charge in [-0.15, -0.1) is 0 Å². The van der Waals surface area contributed by atoms with E-state index in [4.69, 9.17) is 0 Å². The summed E-state index contributed by atoms with van der Waals surface area (Å²) in [5.74, 6) is 0.585. The summed E-state index contributed by atoms with van der Waals surface area (Å²) in [4.78, 5) is 19.3. The Morgan fingerprint density at radius 2 is 2.05 bits per heavy atom. The Hall–Kier alpha value is -3.02. The Kier molecular flexibility index (Phi) is 3.19. The first-order valence-corrected chi connectivity index (χ1v) is 6.37. The van der Waals surface area contributed by atoms with Gasteiger partial charge >= 0.3 is 0 Å². The van der Waals surface area contributed by atoms with Gasteiger partial charge < -0.3 is 5.32 Å². The SMILES string of the molecule is CNc1ccc([N+](=O)[O-])c(-c2cccc3cnccc23)n1. The standard InChI is InChI=1S/C15H12N4O2/c1-16-14-6-5-13(19(20)21)15(18-14)12-4-2-3-10-9-17-8-7-11(10)12/h2-9H,1H3,(H,16,18). The predicted octanol–water partition coefficient (Wildman–Crippen LogP) is 3.25. The second-order valence-corrected chi connectivity index (χ2v) is 4.47. The van der Waals surface area contributed by atoms with E-state index in [9.17, 15) is 10.1 Å². The van der Waals surface area contributed by atoms with Crippen molar-refractivity contribution in [2.24, 2.45) is 0 Å². The molecule has 0 saturated heterocycles. The number of aromatic nitrogens is 2. The zero-order valence-electron chi connectivity index (χ0n) is 11.3. The van der Waals surface area contributed by atoms with Gasteiger partial charge in [-0.1, -0.05) is 18.2 Å². The first kappa shape index (κ1) is 13.0. The number of benzene rings is 1. The van der Waals surface area contributed by atoms with Gasteiger partial charge in [-0.05, 0) is 17.5 Å². The van der Waals surface area contributed by atoms with E-state index >= 15 is 0 Å². The maximum Gasteiger partial charge on any atom is 0.295 e. The summed E-state index contributed by atoms with van der Waals surface area (Å²) >= 11 is 0. The van der Waals surface area contributed by atoms with Crippen LogP contribution in [0.5, 0.6) is 0 Å². The van der Waals surface area contributed by atoms with Crippen LogP contribution in [0.25, 0.3) is 22.0 Å². The van der Waals surface area contributed by atoms with Crippen LogP contribution in [0, 0.1) is 10.1 Å². The fourth-order valence-corrected chi connectivity index (χ4v) is 2.27. The topological polar surface area (TPSA) is 81.0 Å². The molecule has 0 aliphatic carbocycles. The van der Waals surface area contributed by atoms with Gasteiger partial charge in [0.1, 0.15) is 5.82 Å². The molecule has 0 radical (unpaired) electrons. The van der Waals surface area contributed by atoms with Crippen LogP contribution in [0.15, 0.2) is 48.8 Å². The van der Waals surface area contributed by atoms with Crippen LogP contribution in [-0.4, -0.2) is 21.9 Å². The minimum absolute atomic E-state index is 0.0155. The zero-order chi connectivity index (χ0) is 14.8. The molecule has 1 aromatic carbocycles. The number of fused-ring (bicyclic) bond motifs is 1. The maximum atomic E-state index is 11.3. The third-order valence-corrected chi connectivity index (χ3v) is 3.26. The number of nitrogens with zero attached hydrogens (tertiary/aromatic N) is 3. The summed E-state index contributed by atoms with van der Waals surface area (Å²) in [6.45, 7) is 0. The molecule has 0 spiro atoms. The van der Waals surface area contributed by atoms with E-state index in [1.807, 2.05) is 24.3 Å². The molecule has 0 saturated carbocycles. The zero-order valence-corrected chi connectivity index (χ0v) is 11.3. The van der Waals surface area contributed by atoms with Gasteiger partial charge in [0.05, 0.1) is 4.92 Å². The third kappa shape index (κ3) is 2.27. The molecular weight excluding hydrogens is 268 g/mol. The van der Waals surface area contributed by atoms with E-state index in [1.54, 1.807) is 25.5 Å². The van der Waals surface area contributed by atoms with Gasteiger partial charge in [-0.25, -0.2) is 4.98 Å². The molecule has 104 valence electrons. The van der Waals surface area contributed by atoms with E-state index in [0.29, 0.717) is 11.5 Å². The van der Waals surface area contributed by atoms with Crippen LogP contribution in [0.2, 0.25) is 0 Å². The molecule has 0 unspecified atom stereocenters. The number of anilines is 1. The van der Waals surface area contributed by atoms with E-state index < -0.39 is 4.92 Å². The van der Waals surface area contributed by atoms with Crippen molar-refractivity contribution in [3.8, 4) is 11.3 Å². The minimum Gasteiger partial charge on any atom is -0.373 e. The number of nitrogens with one attached hydrogen (secondary N) is 1. The Morgan fingerprint density at radius 3 is 2.81 bits per heavy atom. The highest BCUT2D eigenvalue weighted by molar-refractivity contribution is 5.97. The molecule has 21 heavy (non-hydrogen) atoms. The van der Waals surface area contributed by atoms with E-state index in [2.05, 4.69) is 15.3 Å². The highest BCUT2D eigenvalue weighted by Gasteiger charge is 2.19. The van der Waals surface area contributed by atoms with Crippen molar-refractivity contribution in [3.63, 3.8) is 0 Å². The van der Waals surface area contributed by atoms with Crippen molar-refractivity contribution in [1.82, 2.24) is 9.97 Å². The molecule has 2 heterocycles. The van der Waals surface area contributed by atoms with Crippen LogP contribution in [0.4, 0.5) is 11.5 Å². The first-order chi connectivity index (χ1) is 10.2. The van der Waals surface area contributed by atoms with Crippen molar-refractivity contribution < 1.29 is 4.92 Å². The molecule has 1 N–H and O–H groups in total. The quantitative estimate of drug-likeness (QED) is 0.588. The van der Waals surface area contributed by atoms with Gasteiger partial charge in [0.25, 0.3) is 5.69 Å². The van der Waals surface area contributed by atoms with Gasteiger partial charge in [0, 0.05) is 36.5 Å². The molecule has 6 nitrogen and oxygen atoms in total. The Bertz CT molecular complexity index is 828. The van der Waals surface area contributed by atoms with Crippen LogP contribution >= 0.6 is 0 Å². The number of hydrogen-bond acceptors (Lipinski definition) is 5. The number of hydrogen-bond donors (Lipinski definition) is 1. The van der Waals surface area contributed by atoms with Crippen LogP contribution in [0.1, 0.15) is 0 Å². The lowest BCUT2D eigenvalue weighted by Crippen LogP contribution is -1.99. The fraction of sp³-hybridized carbons (Fsp3) is 0.0667. The van der Waals surface area contributed by atoms with Crippen molar-refractivity contribution >= 4 is 22.3 Å². The van der Waals surface area contributed by atoms with E-state index in [1.165, 1.54) is 6.07 Å². The average molecular weight is 280 g/mol. The molecule has 0 fully saturated rings. The lowest BCUT2D eigenvalue weighted by molar-refractivity contribution is -0.384. The van der Waals surface area contributed by atoms with Crippen LogP contribution < -0.4 is 5.32 Å². The molecule has 6 heteroatoms. The van der Waals surface area contributed by atoms with Crippen molar-refractivity contribution in [2.45, 2.75) is 0 Å². The lowest BCUT2D eigenvalue weighted by Gasteiger charge is -2.08. The molecule has 0 atom stereocenters. The second kappa shape index (κ2) is 5.16. The first-order valence-electron chi connectivity index (χ1n) is 6.37. The molecule has 3 aromatic rings. The average Bonchev–Trinajstić information content (AvgIpc) is 2.53. The van der Waals surface area contributed by atoms with Crippen molar-refractivity contribution in [3.05, 3.63) is 58.9 Å². The van der Waals surface area contributed by atoms with E-state index in [-0.39, 0.29) is 5.69 Å². The van der Waals surface area contributed by atoms with Gasteiger partial charge in [0.15, 0.2) is 5.69 Å². The predicted molar refractivity (Wildman–Crippen MR) is 81.2 cm³/mol. The highest BCUT2D eigenvalue weighted by Crippen LogP contribution is 2.33. The molecule has 0 aliphatic rings. The lowest BCUT2D eigenvalue weighted by atomic mass is 10.0. The molecule has 0 bridgehead atoms. The molecule has 2 aromatic heterocycles. The molecular formula is C15H12N4O2. The largest absolute Gasteiger partial charge is 0.373 e. The smallest absolute Gasteiger partial charge is 0.295 e. The normalized spacial score (nSPS) is 10.5. The Morgan fingerprint density at radius 1 is 1.19 bits per heavy atom. The summed E-state index contributed by atoms with van der Waals surface area (Å²) in [6.07, 6.45) is 3.40. The number of pyridine rings is 2. The van der Waals surface area contributed by atoms with Crippen molar-refractivity contribution in [2.75, 3.05) is 12.4 Å². The number of nitro groups is 1. The Labute approximate surface area is 120 Å². The van der Waals surface area contributed by atoms with Gasteiger partial charge in [-0.3, -0.25) is 15.1 Å². The summed E-state index contributed by atoms with van der Waals surface area (Å²) in [5, 5.41) is 16.0. The van der Waals surface area contributed by atoms with Crippen LogP contribution in [0.3, 0.4) is 0 Å². The molecule has 0 aliphatic heterocycles. The van der Waals surface area contributed by atoms with Gasteiger partial charge in [0.2, 0.25) is 0 Å². The summed E-state index contributed by atoms with van der Waals surface area (Å²) < 4.78 is 0. The molecule has 0 amide bonds. The van der Waals surface area contributed by atoms with Gasteiger partial charge in [-0.2, -0.15) is 0 Å². The highest BCUT2D eigenvalue weighted by atomic mass is 16.6. The maximum absolute atomic E-state index is 11.3. The summed E-state index contributed by atoms with van der Waals surface area (Å²) in [5.41, 5.74) is 1.06. The third-order valence-electron chi connectivity index (χ3n) is 3.26. The molecule has 3 rings (SSSR count). The van der Waals surface area contributed by atoms with Crippen LogP contribution in [-0.2, 0) is 0 Å².